The molecule has 0 saturated carbocycles. The van der Waals surface area contributed by atoms with E-state index in [1.54, 1.807) is 26.0 Å². The van der Waals surface area contributed by atoms with E-state index in [0.717, 1.165) is 0 Å². The molecule has 3 rings (SSSR count). The Morgan fingerprint density at radius 1 is 1.04 bits per heavy atom. The van der Waals surface area contributed by atoms with Crippen LogP contribution in [0.1, 0.15) is 29.2 Å². The lowest BCUT2D eigenvalue weighted by molar-refractivity contribution is -0.139. The molecule has 0 atom stereocenters. The van der Waals surface area contributed by atoms with Crippen molar-refractivity contribution in [3.05, 3.63) is 70.6 Å². The van der Waals surface area contributed by atoms with Gasteiger partial charge in [0.05, 0.1) is 5.70 Å². The van der Waals surface area contributed by atoms with Crippen molar-refractivity contribution < 1.29 is 22.7 Å². The van der Waals surface area contributed by atoms with Gasteiger partial charge >= 0.3 is 6.18 Å². The largest absolute Gasteiger partial charge is 0.438 e. The van der Waals surface area contributed by atoms with Gasteiger partial charge in [0.2, 0.25) is 5.88 Å². The zero-order valence-electron chi connectivity index (χ0n) is 15.4. The van der Waals surface area contributed by atoms with Crippen LogP contribution in [0.3, 0.4) is 0 Å². The second kappa shape index (κ2) is 7.03. The number of carbonyl (C=O) groups excluding carboxylic acids is 1. The normalized spacial score (nSPS) is 14.6. The van der Waals surface area contributed by atoms with E-state index >= 15 is 0 Å². The molecule has 1 amide bonds. The summed E-state index contributed by atoms with van der Waals surface area (Å²) >= 11 is 0. The van der Waals surface area contributed by atoms with Gasteiger partial charge in [-0.1, -0.05) is 12.6 Å². The van der Waals surface area contributed by atoms with Crippen LogP contribution in [-0.4, -0.2) is 10.9 Å². The third kappa shape index (κ3) is 3.58. The highest BCUT2D eigenvalue weighted by Gasteiger charge is 2.37. The Morgan fingerprint density at radius 2 is 1.75 bits per heavy atom. The van der Waals surface area contributed by atoms with E-state index in [9.17, 15) is 18.0 Å². The van der Waals surface area contributed by atoms with Crippen molar-refractivity contribution in [1.82, 2.24) is 4.98 Å². The number of amides is 1. The second-order valence-corrected chi connectivity index (χ2v) is 6.34. The molecule has 0 saturated heterocycles. The first kappa shape index (κ1) is 19.5. The first-order chi connectivity index (χ1) is 13.1. The van der Waals surface area contributed by atoms with Crippen molar-refractivity contribution in [3.63, 3.8) is 0 Å². The lowest BCUT2D eigenvalue weighted by atomic mass is 9.93. The van der Waals surface area contributed by atoms with Crippen molar-refractivity contribution in [1.29, 1.82) is 0 Å². The molecule has 144 valence electrons. The van der Waals surface area contributed by atoms with Crippen molar-refractivity contribution >= 4 is 11.5 Å². The highest BCUT2D eigenvalue weighted by molar-refractivity contribution is 6.05. The van der Waals surface area contributed by atoms with Gasteiger partial charge in [0.1, 0.15) is 11.3 Å². The molecule has 0 fully saturated rings. The molecule has 1 aliphatic heterocycles. The first-order valence-corrected chi connectivity index (χ1v) is 8.27. The fourth-order valence-electron chi connectivity index (χ4n) is 2.96. The monoisotopic (exact) mass is 387 g/mol. The lowest BCUT2D eigenvalue weighted by Crippen LogP contribution is -2.11. The predicted molar refractivity (Wildman–Crippen MR) is 96.8 cm³/mol. The summed E-state index contributed by atoms with van der Waals surface area (Å²) in [5.74, 6) is -0.778. The minimum absolute atomic E-state index is 0.0222. The van der Waals surface area contributed by atoms with Crippen molar-refractivity contribution in [2.45, 2.75) is 26.9 Å². The Balaban J connectivity index is 2.00. The Hall–Kier alpha value is -3.29. The average molecular weight is 387 g/mol. The molecule has 1 aromatic heterocycles. The Kier molecular flexibility index (Phi) is 4.89. The summed E-state index contributed by atoms with van der Waals surface area (Å²) in [6.07, 6.45) is -3.33. The summed E-state index contributed by atoms with van der Waals surface area (Å²) < 4.78 is 45.4. The predicted octanol–water partition coefficient (Wildman–Crippen LogP) is 5.79. The molecule has 0 aliphatic carbocycles. The van der Waals surface area contributed by atoms with Gasteiger partial charge in [0.15, 0.2) is 0 Å². The van der Waals surface area contributed by atoms with Crippen LogP contribution in [0.15, 0.2) is 58.5 Å². The number of pyridine rings is 1. The van der Waals surface area contributed by atoms with Gasteiger partial charge in [0, 0.05) is 17.3 Å². The molecular formula is C20H16F3N3O2. The molecule has 5 nitrogen and oxygen atoms in total. The minimum atomic E-state index is -4.59. The maximum Gasteiger partial charge on any atom is 0.421 e. The quantitative estimate of drug-likeness (QED) is 0.670. The van der Waals surface area contributed by atoms with Crippen LogP contribution in [0.2, 0.25) is 0 Å². The summed E-state index contributed by atoms with van der Waals surface area (Å²) in [6, 6.07) is 6.00. The Morgan fingerprint density at radius 3 is 2.39 bits per heavy atom. The molecular weight excluding hydrogens is 371 g/mol. The third-order valence-corrected chi connectivity index (χ3v) is 4.34. The second-order valence-electron chi connectivity index (χ2n) is 6.34. The number of ether oxygens (including phenoxy) is 1. The van der Waals surface area contributed by atoms with Crippen molar-refractivity contribution in [2.75, 3.05) is 0 Å². The molecule has 0 spiro atoms. The minimum Gasteiger partial charge on any atom is -0.438 e. The van der Waals surface area contributed by atoms with E-state index in [1.807, 2.05) is 0 Å². The number of rotatable bonds is 3. The number of nitrogens with zero attached hydrogens (tertiary/aromatic N) is 3. The Labute approximate surface area is 159 Å². The standard InChI is InChI=1S/C20H16F3N3O2/c1-10-7-8-24-19(17(10)20(21,22)23)28-14-5-6-15(11(2)9-14)16-12(3)18(27)26-25-13(16)4/h5-9H,4H2,1-3H3. The highest BCUT2D eigenvalue weighted by Crippen LogP contribution is 2.40. The van der Waals surface area contributed by atoms with E-state index in [4.69, 9.17) is 4.74 Å². The van der Waals surface area contributed by atoms with Gasteiger partial charge in [-0.2, -0.15) is 13.2 Å². The first-order valence-electron chi connectivity index (χ1n) is 8.27. The number of hydrogen-bond donors (Lipinski definition) is 0. The zero-order chi connectivity index (χ0) is 20.6. The summed E-state index contributed by atoms with van der Waals surface area (Å²) in [6.45, 7) is 8.52. The molecule has 0 unspecified atom stereocenters. The van der Waals surface area contributed by atoms with E-state index in [-0.39, 0.29) is 11.3 Å². The molecule has 0 N–H and O–H groups in total. The molecule has 0 radical (unpaired) electrons. The summed E-state index contributed by atoms with van der Waals surface area (Å²) in [5, 5.41) is 7.26. The fourth-order valence-corrected chi connectivity index (χ4v) is 2.96. The molecule has 2 aromatic rings. The zero-order valence-corrected chi connectivity index (χ0v) is 15.4. The van der Waals surface area contributed by atoms with E-state index in [2.05, 4.69) is 21.8 Å². The van der Waals surface area contributed by atoms with E-state index in [0.29, 0.717) is 28.0 Å². The van der Waals surface area contributed by atoms with E-state index < -0.39 is 23.5 Å². The fraction of sp³-hybridized carbons (Fsp3) is 0.200. The number of hydrogen-bond acceptors (Lipinski definition) is 4. The number of halogens is 3. The number of aryl methyl sites for hydroxylation is 2. The average Bonchev–Trinajstić information content (AvgIpc) is 2.59. The van der Waals surface area contributed by atoms with Crippen LogP contribution in [0.25, 0.3) is 5.57 Å². The van der Waals surface area contributed by atoms with E-state index in [1.165, 1.54) is 25.3 Å². The number of benzene rings is 1. The lowest BCUT2D eigenvalue weighted by Gasteiger charge is -2.17. The topological polar surface area (TPSA) is 63.9 Å². The summed E-state index contributed by atoms with van der Waals surface area (Å²) in [4.78, 5) is 15.5. The van der Waals surface area contributed by atoms with Gasteiger partial charge < -0.3 is 4.74 Å². The maximum atomic E-state index is 13.3. The van der Waals surface area contributed by atoms with Crippen molar-refractivity contribution in [3.8, 4) is 11.6 Å². The number of carbonyl (C=O) groups is 1. The van der Waals surface area contributed by atoms with Crippen LogP contribution >= 0.6 is 0 Å². The maximum absolute atomic E-state index is 13.3. The van der Waals surface area contributed by atoms with Gasteiger partial charge in [-0.15, -0.1) is 10.2 Å². The molecule has 8 heteroatoms. The summed E-state index contributed by atoms with van der Waals surface area (Å²) in [7, 11) is 0. The smallest absolute Gasteiger partial charge is 0.421 e. The highest BCUT2D eigenvalue weighted by atomic mass is 19.4. The van der Waals surface area contributed by atoms with Crippen LogP contribution in [-0.2, 0) is 11.0 Å². The molecule has 2 heterocycles. The molecule has 1 aromatic carbocycles. The van der Waals surface area contributed by atoms with Crippen LogP contribution < -0.4 is 4.74 Å². The van der Waals surface area contributed by atoms with Gasteiger partial charge in [-0.3, -0.25) is 4.79 Å². The Bertz CT molecular complexity index is 1050. The SMILES string of the molecule is C=C1N=NC(=O)C(C)=C1c1ccc(Oc2nccc(C)c2C(F)(F)F)cc1C. The van der Waals surface area contributed by atoms with Gasteiger partial charge in [-0.25, -0.2) is 4.98 Å². The molecule has 28 heavy (non-hydrogen) atoms. The number of azo groups is 1. The third-order valence-electron chi connectivity index (χ3n) is 4.34. The number of alkyl halides is 3. The van der Waals surface area contributed by atoms with Crippen LogP contribution in [0.5, 0.6) is 11.6 Å². The number of allylic oxidation sites excluding steroid dienone is 1. The number of aromatic nitrogens is 1. The van der Waals surface area contributed by atoms with Gasteiger partial charge in [0.25, 0.3) is 5.91 Å². The molecule has 0 bridgehead atoms. The summed E-state index contributed by atoms with van der Waals surface area (Å²) in [5.41, 5.74) is 1.75. The van der Waals surface area contributed by atoms with Crippen LogP contribution in [0.4, 0.5) is 13.2 Å². The molecule has 1 aliphatic rings. The van der Waals surface area contributed by atoms with Crippen LogP contribution in [0, 0.1) is 13.8 Å². The van der Waals surface area contributed by atoms with Crippen molar-refractivity contribution in [2.24, 2.45) is 10.2 Å². The van der Waals surface area contributed by atoms with Gasteiger partial charge in [-0.05, 0) is 55.7 Å².